The molecular weight excluding hydrogens is 298 g/mol. The van der Waals surface area contributed by atoms with Crippen LogP contribution in [0.5, 0.6) is 0 Å². The van der Waals surface area contributed by atoms with Crippen LogP contribution in [0.25, 0.3) is 10.9 Å². The number of aromatic nitrogens is 3. The van der Waals surface area contributed by atoms with E-state index in [2.05, 4.69) is 29.5 Å². The highest BCUT2D eigenvalue weighted by Gasteiger charge is 2.16. The third kappa shape index (κ3) is 2.53. The molecule has 116 valence electrons. The predicted molar refractivity (Wildman–Crippen MR) is 89.4 cm³/mol. The minimum atomic E-state index is -0.502. The Bertz CT molecular complexity index is 819. The number of nitrogens with zero attached hydrogens (tertiary/aromatic N) is 3. The second kappa shape index (κ2) is 5.78. The zero-order valence-electron chi connectivity index (χ0n) is 13.0. The number of fused-ring (bicyclic) bond motifs is 1. The highest BCUT2D eigenvalue weighted by molar-refractivity contribution is 6.35. The fraction of sp³-hybridized carbons (Fsp3) is 0.353. The van der Waals surface area contributed by atoms with Crippen molar-refractivity contribution >= 4 is 22.5 Å². The molecule has 3 aromatic rings. The fourth-order valence-corrected chi connectivity index (χ4v) is 3.25. The van der Waals surface area contributed by atoms with E-state index in [0.717, 1.165) is 27.4 Å². The van der Waals surface area contributed by atoms with E-state index in [4.69, 9.17) is 11.6 Å². The Balaban J connectivity index is 1.94. The summed E-state index contributed by atoms with van der Waals surface area (Å²) in [6, 6.07) is 5.94. The first-order valence-electron chi connectivity index (χ1n) is 7.38. The van der Waals surface area contributed by atoms with Gasteiger partial charge >= 0.3 is 0 Å². The number of hydrogen-bond donors (Lipinski definition) is 1. The van der Waals surface area contributed by atoms with Crippen molar-refractivity contribution in [1.82, 2.24) is 14.1 Å². The van der Waals surface area contributed by atoms with Gasteiger partial charge < -0.3 is 14.2 Å². The second-order valence-corrected chi connectivity index (χ2v) is 6.14. The predicted octanol–water partition coefficient (Wildman–Crippen LogP) is 3.48. The van der Waals surface area contributed by atoms with Crippen molar-refractivity contribution in [3.05, 3.63) is 52.7 Å². The number of imidazole rings is 1. The lowest BCUT2D eigenvalue weighted by molar-refractivity contribution is 0.134. The minimum absolute atomic E-state index is 0.502. The molecule has 0 unspecified atom stereocenters. The molecular formula is C17H20ClN3O. The van der Waals surface area contributed by atoms with Crippen molar-refractivity contribution in [2.24, 2.45) is 0 Å². The molecule has 0 spiro atoms. The van der Waals surface area contributed by atoms with Gasteiger partial charge in [0.05, 0.1) is 29.7 Å². The SMILES string of the molecule is Cc1c(C)n(C[C@@H](O)Cn2ccnc2C)c2c(Cl)cccc12. The van der Waals surface area contributed by atoms with E-state index in [0.29, 0.717) is 13.1 Å². The van der Waals surface area contributed by atoms with E-state index in [1.165, 1.54) is 5.56 Å². The number of hydrogen-bond acceptors (Lipinski definition) is 2. The summed E-state index contributed by atoms with van der Waals surface area (Å²) in [6.45, 7) is 7.13. The summed E-state index contributed by atoms with van der Waals surface area (Å²) in [7, 11) is 0. The molecule has 0 radical (unpaired) electrons. The average Bonchev–Trinajstić information content (AvgIpc) is 2.98. The topological polar surface area (TPSA) is 43.0 Å². The highest BCUT2D eigenvalue weighted by Crippen LogP contribution is 2.30. The van der Waals surface area contributed by atoms with Gasteiger partial charge in [-0.15, -0.1) is 0 Å². The fourth-order valence-electron chi connectivity index (χ4n) is 2.98. The highest BCUT2D eigenvalue weighted by atomic mass is 35.5. The molecule has 1 aromatic carbocycles. The lowest BCUT2D eigenvalue weighted by Crippen LogP contribution is -2.23. The van der Waals surface area contributed by atoms with Crippen molar-refractivity contribution in [2.45, 2.75) is 40.0 Å². The molecule has 0 aliphatic carbocycles. The standard InChI is InChI=1S/C17H20ClN3O/c1-11-12(2)21(17-15(11)5-4-6-16(17)18)10-14(22)9-20-8-7-19-13(20)3/h4-8,14,22H,9-10H2,1-3H3/t14-/m0/s1. The third-order valence-electron chi connectivity index (χ3n) is 4.33. The Hall–Kier alpha value is -1.78. The van der Waals surface area contributed by atoms with Gasteiger partial charge in [-0.05, 0) is 32.4 Å². The van der Waals surface area contributed by atoms with Gasteiger partial charge in [0, 0.05) is 23.5 Å². The zero-order valence-corrected chi connectivity index (χ0v) is 13.8. The summed E-state index contributed by atoms with van der Waals surface area (Å²) in [6.07, 6.45) is 3.13. The molecule has 0 fully saturated rings. The monoisotopic (exact) mass is 317 g/mol. The van der Waals surface area contributed by atoms with E-state index in [-0.39, 0.29) is 0 Å². The number of para-hydroxylation sites is 1. The lowest BCUT2D eigenvalue weighted by atomic mass is 10.2. The average molecular weight is 318 g/mol. The normalized spacial score (nSPS) is 13.0. The first-order valence-corrected chi connectivity index (χ1v) is 7.76. The molecule has 4 nitrogen and oxygen atoms in total. The number of halogens is 1. The molecule has 0 bridgehead atoms. The Labute approximate surface area is 135 Å². The van der Waals surface area contributed by atoms with E-state index in [9.17, 15) is 5.11 Å². The van der Waals surface area contributed by atoms with Crippen LogP contribution in [-0.2, 0) is 13.1 Å². The number of aryl methyl sites for hydroxylation is 2. The second-order valence-electron chi connectivity index (χ2n) is 5.74. The van der Waals surface area contributed by atoms with Gasteiger partial charge in [-0.25, -0.2) is 4.98 Å². The van der Waals surface area contributed by atoms with Crippen LogP contribution in [0.15, 0.2) is 30.6 Å². The van der Waals surface area contributed by atoms with Crippen LogP contribution in [-0.4, -0.2) is 25.3 Å². The Kier molecular flexibility index (Phi) is 3.98. The van der Waals surface area contributed by atoms with Crippen molar-refractivity contribution in [3.63, 3.8) is 0 Å². The van der Waals surface area contributed by atoms with E-state index >= 15 is 0 Å². The molecule has 0 aliphatic heterocycles. The number of benzene rings is 1. The molecule has 2 heterocycles. The summed E-state index contributed by atoms with van der Waals surface area (Å²) in [5.41, 5.74) is 3.36. The maximum atomic E-state index is 10.5. The van der Waals surface area contributed by atoms with Crippen LogP contribution in [0.3, 0.4) is 0 Å². The van der Waals surface area contributed by atoms with Crippen molar-refractivity contribution < 1.29 is 5.11 Å². The van der Waals surface area contributed by atoms with Crippen LogP contribution in [0.2, 0.25) is 5.02 Å². The zero-order chi connectivity index (χ0) is 15.9. The quantitative estimate of drug-likeness (QED) is 0.800. The van der Waals surface area contributed by atoms with Gasteiger partial charge in [0.2, 0.25) is 0 Å². The molecule has 0 saturated heterocycles. The van der Waals surface area contributed by atoms with Gasteiger partial charge in [0.25, 0.3) is 0 Å². The number of aliphatic hydroxyl groups excluding tert-OH is 1. The summed E-state index contributed by atoms with van der Waals surface area (Å²) in [4.78, 5) is 4.19. The first kappa shape index (κ1) is 15.1. The molecule has 22 heavy (non-hydrogen) atoms. The molecule has 5 heteroatoms. The van der Waals surface area contributed by atoms with Crippen molar-refractivity contribution in [1.29, 1.82) is 0 Å². The van der Waals surface area contributed by atoms with Crippen molar-refractivity contribution in [2.75, 3.05) is 0 Å². The van der Waals surface area contributed by atoms with Crippen LogP contribution in [0, 0.1) is 20.8 Å². The number of rotatable bonds is 4. The molecule has 0 amide bonds. The molecule has 2 aromatic heterocycles. The van der Waals surface area contributed by atoms with Crippen LogP contribution in [0.1, 0.15) is 17.1 Å². The maximum absolute atomic E-state index is 10.5. The summed E-state index contributed by atoms with van der Waals surface area (Å²) in [5, 5.41) is 12.3. The van der Waals surface area contributed by atoms with E-state index in [1.807, 2.05) is 29.8 Å². The Morgan fingerprint density at radius 2 is 2.00 bits per heavy atom. The van der Waals surface area contributed by atoms with Crippen LogP contribution < -0.4 is 0 Å². The molecule has 3 rings (SSSR count). The maximum Gasteiger partial charge on any atom is 0.105 e. The number of aliphatic hydroxyl groups is 1. The smallest absolute Gasteiger partial charge is 0.105 e. The Morgan fingerprint density at radius 3 is 2.68 bits per heavy atom. The van der Waals surface area contributed by atoms with E-state index in [1.54, 1.807) is 6.20 Å². The van der Waals surface area contributed by atoms with Crippen molar-refractivity contribution in [3.8, 4) is 0 Å². The lowest BCUT2D eigenvalue weighted by Gasteiger charge is -2.16. The van der Waals surface area contributed by atoms with Gasteiger partial charge in [-0.2, -0.15) is 0 Å². The molecule has 1 atom stereocenters. The van der Waals surface area contributed by atoms with Gasteiger partial charge in [0.15, 0.2) is 0 Å². The molecule has 0 aliphatic rings. The van der Waals surface area contributed by atoms with Gasteiger partial charge in [-0.1, -0.05) is 23.7 Å². The van der Waals surface area contributed by atoms with E-state index < -0.39 is 6.10 Å². The minimum Gasteiger partial charge on any atom is -0.389 e. The Morgan fingerprint density at radius 1 is 1.23 bits per heavy atom. The summed E-state index contributed by atoms with van der Waals surface area (Å²) < 4.78 is 4.07. The van der Waals surface area contributed by atoms with Crippen LogP contribution >= 0.6 is 11.6 Å². The first-order chi connectivity index (χ1) is 10.5. The molecule has 0 saturated carbocycles. The largest absolute Gasteiger partial charge is 0.389 e. The van der Waals surface area contributed by atoms with Gasteiger partial charge in [0.1, 0.15) is 5.82 Å². The molecule has 1 N–H and O–H groups in total. The van der Waals surface area contributed by atoms with Crippen LogP contribution in [0.4, 0.5) is 0 Å². The summed E-state index contributed by atoms with van der Waals surface area (Å²) >= 11 is 6.38. The van der Waals surface area contributed by atoms with Gasteiger partial charge in [-0.3, -0.25) is 0 Å². The third-order valence-corrected chi connectivity index (χ3v) is 4.64. The summed E-state index contributed by atoms with van der Waals surface area (Å²) in [5.74, 6) is 0.905.